The quantitative estimate of drug-likeness (QED) is 0.275. The van der Waals surface area contributed by atoms with Crippen LogP contribution in [0.3, 0.4) is 0 Å². The van der Waals surface area contributed by atoms with Gasteiger partial charge in [0, 0.05) is 17.7 Å². The maximum Gasteiger partial charge on any atom is 0.345 e. The van der Waals surface area contributed by atoms with Crippen molar-refractivity contribution in [2.75, 3.05) is 5.73 Å². The normalized spacial score (nSPS) is 11.4. The Kier molecular flexibility index (Phi) is 5.11. The molecule has 0 atom stereocenters. The van der Waals surface area contributed by atoms with Crippen molar-refractivity contribution in [2.45, 2.75) is 11.8 Å². The van der Waals surface area contributed by atoms with Gasteiger partial charge in [-0.15, -0.1) is 9.19 Å². The predicted molar refractivity (Wildman–Crippen MR) is 116 cm³/mol. The number of esters is 1. The summed E-state index contributed by atoms with van der Waals surface area (Å²) >= 11 is 0. The van der Waals surface area contributed by atoms with Crippen LogP contribution in [0.15, 0.2) is 71.6 Å². The van der Waals surface area contributed by atoms with Gasteiger partial charge in [-0.2, -0.15) is 8.42 Å². The molecule has 1 heterocycles. The molecule has 4 aromatic rings. The summed E-state index contributed by atoms with van der Waals surface area (Å²) in [6.45, 7) is 1.53. The van der Waals surface area contributed by atoms with E-state index in [0.717, 1.165) is 17.5 Å². The van der Waals surface area contributed by atoms with Gasteiger partial charge in [-0.25, -0.2) is 4.79 Å². The molecule has 0 saturated carbocycles. The van der Waals surface area contributed by atoms with Crippen molar-refractivity contribution >= 4 is 38.3 Å². The standard InChI is InChI=1S/C21H16N4O6S/c1-13-6-7-16(11-18(13)25(27)28)21(26)31-20-12-19(22)24(23-20)32(29,30)17-9-8-14-4-2-3-5-15(14)10-17/h2-12H,22H2,1H3. The Balaban J connectivity index is 1.64. The van der Waals surface area contributed by atoms with E-state index in [-0.39, 0.29) is 27.8 Å². The van der Waals surface area contributed by atoms with Crippen LogP contribution in [0.1, 0.15) is 15.9 Å². The number of aryl methyl sites for hydroxylation is 1. The number of hydrogen-bond donors (Lipinski definition) is 1. The largest absolute Gasteiger partial charge is 0.402 e. The van der Waals surface area contributed by atoms with Crippen molar-refractivity contribution in [3.63, 3.8) is 0 Å². The third-order valence-electron chi connectivity index (χ3n) is 4.77. The van der Waals surface area contributed by atoms with Gasteiger partial charge in [0.1, 0.15) is 5.82 Å². The molecule has 0 radical (unpaired) electrons. The summed E-state index contributed by atoms with van der Waals surface area (Å²) in [5, 5.41) is 16.5. The molecule has 10 nitrogen and oxygen atoms in total. The van der Waals surface area contributed by atoms with E-state index in [0.29, 0.717) is 15.0 Å². The molecule has 2 N–H and O–H groups in total. The minimum Gasteiger partial charge on any atom is -0.402 e. The first-order valence-corrected chi connectivity index (χ1v) is 10.7. The van der Waals surface area contributed by atoms with Gasteiger partial charge in [-0.1, -0.05) is 36.4 Å². The van der Waals surface area contributed by atoms with Crippen molar-refractivity contribution in [3.8, 4) is 5.88 Å². The lowest BCUT2D eigenvalue weighted by molar-refractivity contribution is -0.385. The lowest BCUT2D eigenvalue weighted by atomic mass is 10.1. The van der Waals surface area contributed by atoms with Gasteiger partial charge < -0.3 is 10.5 Å². The van der Waals surface area contributed by atoms with Gasteiger partial charge in [0.15, 0.2) is 0 Å². The number of nitro benzene ring substituents is 1. The first-order valence-electron chi connectivity index (χ1n) is 9.24. The highest BCUT2D eigenvalue weighted by atomic mass is 32.2. The van der Waals surface area contributed by atoms with Gasteiger partial charge in [0.25, 0.3) is 15.7 Å². The second kappa shape index (κ2) is 7.78. The van der Waals surface area contributed by atoms with Crippen LogP contribution in [0.4, 0.5) is 11.5 Å². The Morgan fingerprint density at radius 2 is 1.78 bits per heavy atom. The molecule has 4 rings (SSSR count). The van der Waals surface area contributed by atoms with E-state index in [4.69, 9.17) is 10.5 Å². The number of carbonyl (C=O) groups is 1. The minimum absolute atomic E-state index is 0.0435. The van der Waals surface area contributed by atoms with Gasteiger partial charge in [0.05, 0.1) is 15.4 Å². The second-order valence-corrected chi connectivity index (χ2v) is 8.68. The maximum atomic E-state index is 13.0. The highest BCUT2D eigenvalue weighted by molar-refractivity contribution is 7.90. The number of nitro groups is 1. The topological polar surface area (TPSA) is 147 Å². The van der Waals surface area contributed by atoms with Crippen molar-refractivity contribution in [2.24, 2.45) is 0 Å². The zero-order valence-electron chi connectivity index (χ0n) is 16.6. The van der Waals surface area contributed by atoms with Crippen molar-refractivity contribution in [3.05, 3.63) is 88.0 Å². The second-order valence-electron chi connectivity index (χ2n) is 6.91. The highest BCUT2D eigenvalue weighted by Crippen LogP contribution is 2.25. The fraction of sp³-hybridized carbons (Fsp3) is 0.0476. The van der Waals surface area contributed by atoms with E-state index >= 15 is 0 Å². The van der Waals surface area contributed by atoms with E-state index in [1.807, 2.05) is 12.1 Å². The van der Waals surface area contributed by atoms with Gasteiger partial charge in [0.2, 0.25) is 5.88 Å². The molecule has 0 aliphatic rings. The molecule has 0 bridgehead atoms. The molecule has 0 spiro atoms. The number of hydrogen-bond acceptors (Lipinski definition) is 8. The number of nitrogen functional groups attached to an aromatic ring is 1. The third-order valence-corrected chi connectivity index (χ3v) is 6.36. The zero-order chi connectivity index (χ0) is 23.0. The molecule has 3 aromatic carbocycles. The van der Waals surface area contributed by atoms with E-state index < -0.39 is 20.9 Å². The number of ether oxygens (including phenoxy) is 1. The number of fused-ring (bicyclic) bond motifs is 1. The summed E-state index contributed by atoms with van der Waals surface area (Å²) in [7, 11) is -4.16. The van der Waals surface area contributed by atoms with Crippen LogP contribution in [0.25, 0.3) is 10.8 Å². The van der Waals surface area contributed by atoms with Crippen molar-refractivity contribution in [1.82, 2.24) is 9.19 Å². The Morgan fingerprint density at radius 3 is 2.50 bits per heavy atom. The third kappa shape index (κ3) is 3.76. The minimum atomic E-state index is -4.16. The Labute approximate surface area is 182 Å². The molecule has 0 fully saturated rings. The average Bonchev–Trinajstić information content (AvgIpc) is 3.14. The van der Waals surface area contributed by atoms with Gasteiger partial charge >= 0.3 is 5.97 Å². The van der Waals surface area contributed by atoms with Gasteiger partial charge in [-0.3, -0.25) is 10.1 Å². The van der Waals surface area contributed by atoms with E-state index in [9.17, 15) is 23.3 Å². The van der Waals surface area contributed by atoms with Crippen LogP contribution < -0.4 is 10.5 Å². The summed E-state index contributed by atoms with van der Waals surface area (Å²) in [6, 6.07) is 16.7. The molecule has 11 heteroatoms. The summed E-state index contributed by atoms with van der Waals surface area (Å²) < 4.78 is 31.7. The molecule has 0 aliphatic carbocycles. The summed E-state index contributed by atoms with van der Waals surface area (Å²) in [5.41, 5.74) is 5.86. The lowest BCUT2D eigenvalue weighted by Crippen LogP contribution is -2.17. The molecule has 0 saturated heterocycles. The van der Waals surface area contributed by atoms with Crippen LogP contribution in [-0.2, 0) is 10.0 Å². The van der Waals surface area contributed by atoms with E-state index in [2.05, 4.69) is 5.10 Å². The predicted octanol–water partition coefficient (Wildman–Crippen LogP) is 3.29. The highest BCUT2D eigenvalue weighted by Gasteiger charge is 2.24. The number of rotatable bonds is 5. The van der Waals surface area contributed by atoms with E-state index in [1.165, 1.54) is 31.2 Å². The number of benzene rings is 3. The maximum absolute atomic E-state index is 13.0. The van der Waals surface area contributed by atoms with Crippen LogP contribution in [-0.4, -0.2) is 28.5 Å². The molecule has 162 valence electrons. The van der Waals surface area contributed by atoms with Crippen LogP contribution in [0, 0.1) is 17.0 Å². The Hall–Kier alpha value is -4.25. The number of carbonyl (C=O) groups excluding carboxylic acids is 1. The molecule has 32 heavy (non-hydrogen) atoms. The fourth-order valence-electron chi connectivity index (χ4n) is 3.11. The summed E-state index contributed by atoms with van der Waals surface area (Å²) in [5.74, 6) is -1.57. The summed E-state index contributed by atoms with van der Waals surface area (Å²) in [4.78, 5) is 22.8. The number of aromatic nitrogens is 2. The van der Waals surface area contributed by atoms with Crippen molar-refractivity contribution < 1.29 is 22.9 Å². The smallest absolute Gasteiger partial charge is 0.345 e. The Morgan fingerprint density at radius 1 is 1.06 bits per heavy atom. The zero-order valence-corrected chi connectivity index (χ0v) is 17.4. The first kappa shape index (κ1) is 21.0. The SMILES string of the molecule is Cc1ccc(C(=O)Oc2cc(N)n(S(=O)(=O)c3ccc4ccccc4c3)n2)cc1[N+](=O)[O-]. The monoisotopic (exact) mass is 452 g/mol. The van der Waals surface area contributed by atoms with Crippen molar-refractivity contribution in [1.29, 1.82) is 0 Å². The number of nitrogens with zero attached hydrogens (tertiary/aromatic N) is 3. The summed E-state index contributed by atoms with van der Waals surface area (Å²) in [6.07, 6.45) is 0. The average molecular weight is 452 g/mol. The first-order chi connectivity index (χ1) is 15.2. The molecule has 1 aromatic heterocycles. The molecule has 0 unspecified atom stereocenters. The van der Waals surface area contributed by atoms with Crippen LogP contribution in [0.5, 0.6) is 5.88 Å². The number of nitrogens with two attached hydrogens (primary N) is 1. The fourth-order valence-corrected chi connectivity index (χ4v) is 4.35. The van der Waals surface area contributed by atoms with Crippen LogP contribution >= 0.6 is 0 Å². The molecule has 0 amide bonds. The molecular formula is C21H16N4O6S. The number of anilines is 1. The van der Waals surface area contributed by atoms with Crippen LogP contribution in [0.2, 0.25) is 0 Å². The lowest BCUT2D eigenvalue weighted by Gasteiger charge is -2.07. The van der Waals surface area contributed by atoms with Gasteiger partial charge in [-0.05, 0) is 35.9 Å². The molecular weight excluding hydrogens is 436 g/mol. The Bertz CT molecular complexity index is 1490. The van der Waals surface area contributed by atoms with E-state index in [1.54, 1.807) is 18.2 Å². The molecule has 0 aliphatic heterocycles.